The Bertz CT molecular complexity index is 1360. The number of hydrogen-bond donors (Lipinski definition) is 1. The van der Waals surface area contributed by atoms with Gasteiger partial charge in [0.2, 0.25) is 11.8 Å². The number of nitrogens with zero attached hydrogens (tertiary/aromatic N) is 2. The van der Waals surface area contributed by atoms with Crippen molar-refractivity contribution in [1.82, 2.24) is 10.2 Å². The average Bonchev–Trinajstić information content (AvgIpc) is 2.95. The zero-order valence-electron chi connectivity index (χ0n) is 23.2. The molecule has 0 bridgehead atoms. The number of benzene rings is 3. The summed E-state index contributed by atoms with van der Waals surface area (Å²) in [5.41, 5.74) is 1.15. The van der Waals surface area contributed by atoms with Gasteiger partial charge >= 0.3 is 0 Å². The number of nitrogens with one attached hydrogen (secondary N) is 1. The first-order chi connectivity index (χ1) is 19.1. The number of hydrogen-bond acceptors (Lipinski definition) is 5. The van der Waals surface area contributed by atoms with Crippen LogP contribution in [0.1, 0.15) is 32.8 Å². The summed E-state index contributed by atoms with van der Waals surface area (Å²) in [4.78, 5) is 28.9. The van der Waals surface area contributed by atoms with Gasteiger partial charge in [0, 0.05) is 16.7 Å². The molecule has 3 aromatic carbocycles. The molecule has 0 unspecified atom stereocenters. The first kappa shape index (κ1) is 31.4. The molecular formula is C30H36IN3O5S. The molecule has 0 fully saturated rings. The molecule has 10 heteroatoms. The van der Waals surface area contributed by atoms with Gasteiger partial charge < -0.3 is 15.0 Å². The number of ether oxygens (including phenoxy) is 1. The van der Waals surface area contributed by atoms with Crippen LogP contribution < -0.4 is 14.4 Å². The van der Waals surface area contributed by atoms with Gasteiger partial charge in [-0.25, -0.2) is 8.42 Å². The highest BCUT2D eigenvalue weighted by Crippen LogP contribution is 2.26. The lowest BCUT2D eigenvalue weighted by Gasteiger charge is -2.33. The fourth-order valence-electron chi connectivity index (χ4n) is 4.13. The van der Waals surface area contributed by atoms with E-state index in [4.69, 9.17) is 4.74 Å². The van der Waals surface area contributed by atoms with E-state index in [1.165, 1.54) is 17.0 Å². The Morgan fingerprint density at radius 1 is 0.950 bits per heavy atom. The van der Waals surface area contributed by atoms with E-state index in [2.05, 4.69) is 27.9 Å². The van der Waals surface area contributed by atoms with E-state index in [1.807, 2.05) is 32.9 Å². The zero-order valence-corrected chi connectivity index (χ0v) is 26.2. The molecule has 0 saturated heterocycles. The van der Waals surface area contributed by atoms with Crippen molar-refractivity contribution in [1.29, 1.82) is 0 Å². The maximum absolute atomic E-state index is 14.1. The molecular weight excluding hydrogens is 641 g/mol. The van der Waals surface area contributed by atoms with Gasteiger partial charge in [0.25, 0.3) is 10.0 Å². The quantitative estimate of drug-likeness (QED) is 0.255. The topological polar surface area (TPSA) is 96.0 Å². The fourth-order valence-corrected chi connectivity index (χ4v) is 5.92. The summed E-state index contributed by atoms with van der Waals surface area (Å²) in [5.74, 6) is 0.145. The molecule has 0 aromatic heterocycles. The predicted molar refractivity (Wildman–Crippen MR) is 166 cm³/mol. The summed E-state index contributed by atoms with van der Waals surface area (Å²) >= 11 is 2.14. The van der Waals surface area contributed by atoms with Crippen LogP contribution in [-0.2, 0) is 26.2 Å². The van der Waals surface area contributed by atoms with Crippen LogP contribution in [0.4, 0.5) is 5.69 Å². The average molecular weight is 678 g/mol. The second kappa shape index (κ2) is 14.5. The van der Waals surface area contributed by atoms with Gasteiger partial charge in [-0.05, 0) is 89.0 Å². The molecule has 2 amide bonds. The minimum atomic E-state index is -4.09. The molecule has 1 atom stereocenters. The number of carbonyl (C=O) groups excluding carboxylic acids is 2. The summed E-state index contributed by atoms with van der Waals surface area (Å²) in [6.45, 7) is 5.95. The smallest absolute Gasteiger partial charge is 0.264 e. The van der Waals surface area contributed by atoms with Crippen LogP contribution in [0, 0.1) is 9.49 Å². The van der Waals surface area contributed by atoms with Crippen molar-refractivity contribution in [2.45, 2.75) is 44.7 Å². The SMILES string of the molecule is CC[C@@H](C(=O)NCC(C)C)N(Cc1ccc(OC)cc1)C(=O)CN(c1ccc(I)cc1)S(=O)(=O)c1ccccc1. The number of sulfonamides is 1. The Hall–Kier alpha value is -3.12. The Balaban J connectivity index is 2.02. The molecule has 3 aromatic rings. The van der Waals surface area contributed by atoms with Gasteiger partial charge in [0.15, 0.2) is 0 Å². The summed E-state index contributed by atoms with van der Waals surface area (Å²) in [6.07, 6.45) is 0.362. The van der Waals surface area contributed by atoms with Gasteiger partial charge in [0.05, 0.1) is 17.7 Å². The van der Waals surface area contributed by atoms with E-state index in [0.717, 1.165) is 13.4 Å². The number of amides is 2. The predicted octanol–water partition coefficient (Wildman–Crippen LogP) is 5.07. The zero-order chi connectivity index (χ0) is 29.3. The van der Waals surface area contributed by atoms with Gasteiger partial charge in [-0.2, -0.15) is 0 Å². The van der Waals surface area contributed by atoms with E-state index >= 15 is 0 Å². The molecule has 40 heavy (non-hydrogen) atoms. The number of carbonyl (C=O) groups is 2. The largest absolute Gasteiger partial charge is 0.497 e. The first-order valence-electron chi connectivity index (χ1n) is 13.1. The lowest BCUT2D eigenvalue weighted by Crippen LogP contribution is -2.52. The van der Waals surface area contributed by atoms with Gasteiger partial charge in [-0.3, -0.25) is 13.9 Å². The van der Waals surface area contributed by atoms with Crippen molar-refractivity contribution in [3.8, 4) is 5.75 Å². The standard InChI is InChI=1S/C30H36IN3O5S/c1-5-28(30(36)32-19-22(2)3)33(20-23-11-17-26(39-4)18-12-23)29(35)21-34(25-15-13-24(31)14-16-25)40(37,38)27-9-7-6-8-10-27/h6-18,22,28H,5,19-21H2,1-4H3,(H,32,36)/t28-/m0/s1. The van der Waals surface area contributed by atoms with Crippen LogP contribution in [-0.4, -0.2) is 51.4 Å². The van der Waals surface area contributed by atoms with Crippen LogP contribution >= 0.6 is 22.6 Å². The molecule has 0 aliphatic heterocycles. The number of halogens is 1. The molecule has 1 N–H and O–H groups in total. The third-order valence-electron chi connectivity index (χ3n) is 6.31. The molecule has 0 spiro atoms. The minimum Gasteiger partial charge on any atom is -0.497 e. The molecule has 0 saturated carbocycles. The highest BCUT2D eigenvalue weighted by molar-refractivity contribution is 14.1. The monoisotopic (exact) mass is 677 g/mol. The Morgan fingerprint density at radius 2 is 1.57 bits per heavy atom. The Kier molecular flexibility index (Phi) is 11.4. The molecule has 8 nitrogen and oxygen atoms in total. The van der Waals surface area contributed by atoms with E-state index in [1.54, 1.807) is 61.7 Å². The second-order valence-electron chi connectivity index (χ2n) is 9.73. The summed E-state index contributed by atoms with van der Waals surface area (Å²) in [7, 11) is -2.51. The number of anilines is 1. The highest BCUT2D eigenvalue weighted by atomic mass is 127. The van der Waals surface area contributed by atoms with Gasteiger partial charge in [-0.15, -0.1) is 0 Å². The molecule has 214 valence electrons. The van der Waals surface area contributed by atoms with Crippen LogP contribution in [0.25, 0.3) is 0 Å². The van der Waals surface area contributed by atoms with Crippen LogP contribution in [0.15, 0.2) is 83.8 Å². The maximum Gasteiger partial charge on any atom is 0.264 e. The van der Waals surface area contributed by atoms with Gasteiger partial charge in [0.1, 0.15) is 18.3 Å². The summed E-state index contributed by atoms with van der Waals surface area (Å²) in [5, 5.41) is 2.93. The molecule has 3 rings (SSSR count). The first-order valence-corrected chi connectivity index (χ1v) is 15.6. The maximum atomic E-state index is 14.1. The van der Waals surface area contributed by atoms with E-state index in [0.29, 0.717) is 24.4 Å². The van der Waals surface area contributed by atoms with E-state index in [-0.39, 0.29) is 23.3 Å². The Morgan fingerprint density at radius 3 is 2.12 bits per heavy atom. The molecule has 0 radical (unpaired) electrons. The summed E-state index contributed by atoms with van der Waals surface area (Å²) in [6, 6.07) is 21.4. The van der Waals surface area contributed by atoms with Crippen LogP contribution in [0.2, 0.25) is 0 Å². The second-order valence-corrected chi connectivity index (χ2v) is 12.8. The highest BCUT2D eigenvalue weighted by Gasteiger charge is 2.33. The van der Waals surface area contributed by atoms with Crippen molar-refractivity contribution in [3.63, 3.8) is 0 Å². The lowest BCUT2D eigenvalue weighted by atomic mass is 10.1. The molecule has 0 aliphatic carbocycles. The number of rotatable bonds is 13. The van der Waals surface area contributed by atoms with Crippen LogP contribution in [0.3, 0.4) is 0 Å². The Labute approximate surface area is 250 Å². The summed E-state index contributed by atoms with van der Waals surface area (Å²) < 4.78 is 34.9. The molecule has 0 heterocycles. The van der Waals surface area contributed by atoms with Gasteiger partial charge in [-0.1, -0.05) is 51.1 Å². The minimum absolute atomic E-state index is 0.0739. The van der Waals surface area contributed by atoms with Crippen molar-refractivity contribution in [2.75, 3.05) is 24.5 Å². The molecule has 0 aliphatic rings. The third-order valence-corrected chi connectivity index (χ3v) is 8.81. The van der Waals surface area contributed by atoms with Crippen molar-refractivity contribution < 1.29 is 22.7 Å². The third kappa shape index (κ3) is 8.20. The van der Waals surface area contributed by atoms with E-state index < -0.39 is 28.5 Å². The van der Waals surface area contributed by atoms with Crippen molar-refractivity contribution in [3.05, 3.63) is 88.0 Å². The lowest BCUT2D eigenvalue weighted by molar-refractivity contribution is -0.140. The van der Waals surface area contributed by atoms with Crippen LogP contribution in [0.5, 0.6) is 5.75 Å². The van der Waals surface area contributed by atoms with Crippen molar-refractivity contribution in [2.24, 2.45) is 5.92 Å². The fraction of sp³-hybridized carbons (Fsp3) is 0.333. The van der Waals surface area contributed by atoms with E-state index in [9.17, 15) is 18.0 Å². The normalized spacial score (nSPS) is 12.1. The van der Waals surface area contributed by atoms with Crippen molar-refractivity contribution >= 4 is 50.1 Å². The number of methoxy groups -OCH3 is 1.